The molecule has 4 fully saturated rings. The van der Waals surface area contributed by atoms with Crippen LogP contribution in [0.3, 0.4) is 0 Å². The van der Waals surface area contributed by atoms with Crippen LogP contribution in [0.25, 0.3) is 10.8 Å². The number of benzene rings is 2. The van der Waals surface area contributed by atoms with Crippen LogP contribution >= 0.6 is 0 Å². The van der Waals surface area contributed by atoms with Crippen LogP contribution < -0.4 is 16.4 Å². The number of aliphatic hydroxyl groups is 1. The van der Waals surface area contributed by atoms with Crippen LogP contribution in [0, 0.1) is 5.92 Å². The molecule has 15 heteroatoms. The second-order valence-electron chi connectivity index (χ2n) is 16.2. The summed E-state index contributed by atoms with van der Waals surface area (Å²) in [6, 6.07) is 9.01. The van der Waals surface area contributed by atoms with Crippen molar-refractivity contribution < 1.29 is 38.6 Å². The summed E-state index contributed by atoms with van der Waals surface area (Å²) in [4.78, 5) is 70.2. The fourth-order valence-corrected chi connectivity index (χ4v) is 8.63. The highest BCUT2D eigenvalue weighted by Gasteiger charge is 2.49. The molecule has 7 rings (SSSR count). The Morgan fingerprint density at radius 2 is 1.71 bits per heavy atom. The van der Waals surface area contributed by atoms with E-state index >= 15 is 0 Å². The zero-order valence-corrected chi connectivity index (χ0v) is 31.5. The number of amides is 4. The van der Waals surface area contributed by atoms with Crippen molar-refractivity contribution in [1.29, 1.82) is 0 Å². The summed E-state index contributed by atoms with van der Waals surface area (Å²) in [5, 5.41) is 27.0. The number of hydrogen-bond acceptors (Lipinski definition) is 10. The highest BCUT2D eigenvalue weighted by Crippen LogP contribution is 2.35. The molecule has 1 saturated carbocycles. The lowest BCUT2D eigenvalue weighted by atomic mass is 9.84. The van der Waals surface area contributed by atoms with E-state index in [9.17, 15) is 29.1 Å². The summed E-state index contributed by atoms with van der Waals surface area (Å²) in [7, 11) is 0. The maximum absolute atomic E-state index is 14.9. The first-order valence-electron chi connectivity index (χ1n) is 19.4. The summed E-state index contributed by atoms with van der Waals surface area (Å²) in [6.45, 7) is 4.87. The van der Waals surface area contributed by atoms with Gasteiger partial charge in [-0.1, -0.05) is 61.6 Å². The third-order valence-corrected chi connectivity index (χ3v) is 11.9. The monoisotopic (exact) mass is 757 g/mol. The van der Waals surface area contributed by atoms with Crippen molar-refractivity contribution in [3.8, 4) is 0 Å². The molecule has 2 unspecified atom stereocenters. The van der Waals surface area contributed by atoms with E-state index in [-0.39, 0.29) is 44.9 Å². The molecule has 0 radical (unpaired) electrons. The fraction of sp³-hybridized carbons (Fsp3) is 0.575. The number of nitrogens with one attached hydrogen (secondary N) is 2. The molecular formula is C40H51N7O8. The lowest BCUT2D eigenvalue weighted by Gasteiger charge is -2.37. The van der Waals surface area contributed by atoms with Crippen molar-refractivity contribution in [3.63, 3.8) is 0 Å². The number of fused-ring (bicyclic) bond motifs is 1. The molecule has 3 aromatic rings. The third kappa shape index (κ3) is 8.14. The van der Waals surface area contributed by atoms with Gasteiger partial charge in [-0.2, -0.15) is 0 Å². The number of ether oxygens (including phenoxy) is 2. The van der Waals surface area contributed by atoms with Crippen LogP contribution in [0.5, 0.6) is 0 Å². The summed E-state index contributed by atoms with van der Waals surface area (Å²) in [6.07, 6.45) is 7.00. The van der Waals surface area contributed by atoms with Gasteiger partial charge in [-0.3, -0.25) is 24.0 Å². The predicted octanol–water partition coefficient (Wildman–Crippen LogP) is 2.40. The zero-order chi connectivity index (χ0) is 38.9. The van der Waals surface area contributed by atoms with Crippen LogP contribution in [0.4, 0.5) is 0 Å². The molecule has 1 aliphatic carbocycles. The number of aromatic nitrogens is 3. The smallest absolute Gasteiger partial charge is 0.287 e. The van der Waals surface area contributed by atoms with Crippen molar-refractivity contribution in [2.75, 3.05) is 33.0 Å². The Bertz CT molecular complexity index is 1940. The second-order valence-corrected chi connectivity index (χ2v) is 16.2. The van der Waals surface area contributed by atoms with Crippen LogP contribution in [-0.2, 0) is 34.3 Å². The minimum absolute atomic E-state index is 0.0185. The van der Waals surface area contributed by atoms with Gasteiger partial charge in [0.15, 0.2) is 0 Å². The van der Waals surface area contributed by atoms with Gasteiger partial charge in [-0.25, -0.2) is 4.68 Å². The first kappa shape index (κ1) is 38.5. The molecule has 3 aliphatic heterocycles. The van der Waals surface area contributed by atoms with E-state index in [1.807, 2.05) is 18.2 Å². The minimum Gasteiger partial charge on any atom is -0.384 e. The van der Waals surface area contributed by atoms with Gasteiger partial charge in [-0.15, -0.1) is 5.10 Å². The first-order chi connectivity index (χ1) is 26.3. The fourth-order valence-electron chi connectivity index (χ4n) is 8.63. The molecule has 0 spiro atoms. The zero-order valence-electron chi connectivity index (χ0n) is 31.5. The van der Waals surface area contributed by atoms with Gasteiger partial charge in [0, 0.05) is 50.5 Å². The Hall–Kier alpha value is -4.73. The van der Waals surface area contributed by atoms with Gasteiger partial charge in [0.05, 0.1) is 31.1 Å². The Morgan fingerprint density at radius 1 is 1.00 bits per heavy atom. The summed E-state index contributed by atoms with van der Waals surface area (Å²) in [5.74, 6) is -3.03. The molecule has 4 amide bonds. The molecular weight excluding hydrogens is 706 g/mol. The van der Waals surface area contributed by atoms with E-state index in [0.29, 0.717) is 36.8 Å². The molecule has 3 atom stereocenters. The molecule has 0 bridgehead atoms. The topological polar surface area (TPSA) is 208 Å². The van der Waals surface area contributed by atoms with Gasteiger partial charge in [0.25, 0.3) is 11.8 Å². The van der Waals surface area contributed by atoms with Crippen molar-refractivity contribution in [2.24, 2.45) is 11.7 Å². The van der Waals surface area contributed by atoms with Crippen molar-refractivity contribution in [3.05, 3.63) is 59.4 Å². The second kappa shape index (κ2) is 15.8. The molecule has 4 aliphatic rings. The largest absolute Gasteiger partial charge is 0.384 e. The number of primary amides is 1. The number of likely N-dealkylation sites (tertiary alicyclic amines) is 1. The van der Waals surface area contributed by atoms with Gasteiger partial charge in [0.2, 0.25) is 17.6 Å². The maximum atomic E-state index is 14.9. The number of hydrogen-bond donors (Lipinski definition) is 4. The van der Waals surface area contributed by atoms with E-state index in [1.165, 1.54) is 21.3 Å². The lowest BCUT2D eigenvalue weighted by Crippen LogP contribution is -2.64. The van der Waals surface area contributed by atoms with Crippen LogP contribution in [0.1, 0.15) is 105 Å². The van der Waals surface area contributed by atoms with Gasteiger partial charge < -0.3 is 35.8 Å². The van der Waals surface area contributed by atoms with Crippen LogP contribution in [-0.4, -0.2) is 105 Å². The number of rotatable bonds is 12. The summed E-state index contributed by atoms with van der Waals surface area (Å²) in [5.41, 5.74) is 4.53. The third-order valence-electron chi connectivity index (χ3n) is 11.9. The van der Waals surface area contributed by atoms with E-state index in [1.54, 1.807) is 19.9 Å². The molecule has 4 heterocycles. The average Bonchev–Trinajstić information content (AvgIpc) is 3.83. The lowest BCUT2D eigenvalue weighted by molar-refractivity contribution is -0.147. The number of nitrogens with zero attached hydrogens (tertiary/aromatic N) is 4. The molecule has 294 valence electrons. The highest BCUT2D eigenvalue weighted by atomic mass is 16.5. The van der Waals surface area contributed by atoms with Crippen LogP contribution in [0.15, 0.2) is 42.6 Å². The van der Waals surface area contributed by atoms with E-state index in [4.69, 9.17) is 15.2 Å². The minimum atomic E-state index is -1.59. The average molecular weight is 758 g/mol. The number of nitrogens with two attached hydrogens (primary N) is 1. The molecule has 3 saturated heterocycles. The Morgan fingerprint density at radius 3 is 2.38 bits per heavy atom. The molecule has 2 aromatic carbocycles. The quantitative estimate of drug-likeness (QED) is 0.199. The van der Waals surface area contributed by atoms with E-state index in [0.717, 1.165) is 42.9 Å². The van der Waals surface area contributed by atoms with E-state index in [2.05, 4.69) is 33.1 Å². The molecule has 1 aromatic heterocycles. The Balaban J connectivity index is 1.19. The SMILES string of the molecule is CC(C)(O)c1cnnn1C1CC(C(=O)NC2(C(=O)C(N)=O)CCOCC2)N(C(=O)[C@@H](CC2CCCCC2)NC(=O)c2ccc3cc(C4COC4)ccc3c2)C1. The standard InChI is InChI=1S/C40H51N7O8/c1-39(2,53)33-20-42-45-47(33)30-19-32(37(51)44-40(34(48)35(41)49)12-14-54-15-13-40)46(21-30)38(52)31(16-24-6-4-3-5-7-24)43-36(50)28-11-10-25-17-27(29-22-55-23-29)9-8-26(25)18-28/h8-11,17-18,20,24,29-32,53H,3-7,12-16,19,21-23H2,1-2H3,(H2,41,49)(H,43,50)(H,44,51)/t30?,31-,32?/m1/s1. The van der Waals surface area contributed by atoms with Gasteiger partial charge in [-0.05, 0) is 54.7 Å². The molecule has 55 heavy (non-hydrogen) atoms. The number of ketones is 1. The van der Waals surface area contributed by atoms with Crippen molar-refractivity contribution >= 4 is 40.2 Å². The maximum Gasteiger partial charge on any atom is 0.287 e. The normalized spacial score (nSPS) is 22.5. The Kier molecular flexibility index (Phi) is 11.1. The van der Waals surface area contributed by atoms with Crippen molar-refractivity contribution in [1.82, 2.24) is 30.5 Å². The van der Waals surface area contributed by atoms with Crippen LogP contribution in [0.2, 0.25) is 0 Å². The number of carbonyl (C=O) groups is 5. The summed E-state index contributed by atoms with van der Waals surface area (Å²) < 4.78 is 12.3. The van der Waals surface area contributed by atoms with Crippen molar-refractivity contribution in [2.45, 2.75) is 107 Å². The number of Topliss-reactive ketones (excluding diaryl/α,β-unsaturated/α-hetero) is 1. The number of carbonyl (C=O) groups excluding carboxylic acids is 5. The van der Waals surface area contributed by atoms with Gasteiger partial charge in [0.1, 0.15) is 23.2 Å². The molecule has 15 nitrogen and oxygen atoms in total. The summed E-state index contributed by atoms with van der Waals surface area (Å²) >= 11 is 0. The molecule has 5 N–H and O–H groups in total. The highest BCUT2D eigenvalue weighted by molar-refractivity contribution is 6.39. The predicted molar refractivity (Wildman–Crippen MR) is 200 cm³/mol. The van der Waals surface area contributed by atoms with Gasteiger partial charge >= 0.3 is 0 Å². The van der Waals surface area contributed by atoms with E-state index < -0.39 is 58.7 Å². The first-order valence-corrected chi connectivity index (χ1v) is 19.4. The Labute approximate surface area is 319 Å².